The van der Waals surface area contributed by atoms with Gasteiger partial charge >= 0.3 is 0 Å². The topological polar surface area (TPSA) is 87.7 Å². The molecule has 0 aliphatic rings. The summed E-state index contributed by atoms with van der Waals surface area (Å²) >= 11 is 0. The van der Waals surface area contributed by atoms with E-state index in [-0.39, 0.29) is 29.1 Å². The highest BCUT2D eigenvalue weighted by Gasteiger charge is 2.23. The molecule has 146 valence electrons. The molecule has 0 saturated carbocycles. The van der Waals surface area contributed by atoms with Gasteiger partial charge in [-0.2, -0.15) is 0 Å². The molecular formula is C19H25N3O4S. The molecule has 2 aromatic carbocycles. The number of methoxy groups -OCH3 is 1. The zero-order valence-corrected chi connectivity index (χ0v) is 16.7. The van der Waals surface area contributed by atoms with Crippen molar-refractivity contribution in [2.75, 3.05) is 33.1 Å². The minimum absolute atomic E-state index is 0.00147. The van der Waals surface area contributed by atoms with Crippen LogP contribution >= 0.6 is 0 Å². The molecule has 0 fully saturated rings. The van der Waals surface area contributed by atoms with E-state index in [4.69, 9.17) is 4.74 Å². The maximum Gasteiger partial charge on any atom is 0.246 e. The van der Waals surface area contributed by atoms with Gasteiger partial charge in [0.05, 0.1) is 13.7 Å². The summed E-state index contributed by atoms with van der Waals surface area (Å²) in [5.41, 5.74) is 1.46. The number of sulfonamides is 1. The van der Waals surface area contributed by atoms with Gasteiger partial charge in [-0.1, -0.05) is 30.3 Å². The maximum atomic E-state index is 12.4. The predicted octanol–water partition coefficient (Wildman–Crippen LogP) is 2.23. The number of amides is 1. The molecule has 27 heavy (non-hydrogen) atoms. The number of rotatable bonds is 8. The third-order valence-corrected chi connectivity index (χ3v) is 5.91. The summed E-state index contributed by atoms with van der Waals surface area (Å²) in [5, 5.41) is 5.85. The van der Waals surface area contributed by atoms with Crippen molar-refractivity contribution in [1.82, 2.24) is 9.62 Å². The molecule has 0 saturated heterocycles. The number of nitrogens with one attached hydrogen (secondary N) is 2. The zero-order valence-electron chi connectivity index (χ0n) is 15.9. The highest BCUT2D eigenvalue weighted by Crippen LogP contribution is 2.28. The number of benzene rings is 2. The Hall–Kier alpha value is -2.42. The molecule has 2 aromatic rings. The smallest absolute Gasteiger partial charge is 0.246 e. The van der Waals surface area contributed by atoms with Crippen molar-refractivity contribution in [3.05, 3.63) is 54.1 Å². The van der Waals surface area contributed by atoms with E-state index < -0.39 is 10.0 Å². The average molecular weight is 391 g/mol. The fourth-order valence-electron chi connectivity index (χ4n) is 2.46. The normalized spacial score (nSPS) is 12.6. The summed E-state index contributed by atoms with van der Waals surface area (Å²) in [6.45, 7) is 2.07. The Morgan fingerprint density at radius 2 is 1.81 bits per heavy atom. The Kier molecular flexibility index (Phi) is 6.95. The van der Waals surface area contributed by atoms with Gasteiger partial charge in [0.1, 0.15) is 10.6 Å². The molecular weight excluding hydrogens is 366 g/mol. The van der Waals surface area contributed by atoms with Crippen LogP contribution in [0.2, 0.25) is 0 Å². The van der Waals surface area contributed by atoms with Crippen molar-refractivity contribution >= 4 is 21.6 Å². The molecule has 0 aromatic heterocycles. The fourth-order valence-corrected chi connectivity index (χ4v) is 3.54. The zero-order chi connectivity index (χ0) is 20.0. The van der Waals surface area contributed by atoms with Crippen LogP contribution in [0.25, 0.3) is 0 Å². The van der Waals surface area contributed by atoms with Crippen LogP contribution in [0.4, 0.5) is 5.69 Å². The highest BCUT2D eigenvalue weighted by molar-refractivity contribution is 7.89. The first kappa shape index (κ1) is 20.9. The van der Waals surface area contributed by atoms with Crippen LogP contribution in [-0.4, -0.2) is 46.4 Å². The molecule has 8 heteroatoms. The van der Waals surface area contributed by atoms with Gasteiger partial charge < -0.3 is 15.4 Å². The van der Waals surface area contributed by atoms with Gasteiger partial charge in [0.2, 0.25) is 15.9 Å². The van der Waals surface area contributed by atoms with E-state index in [9.17, 15) is 13.2 Å². The fraction of sp³-hybridized carbons (Fsp3) is 0.316. The SMILES string of the molecule is COc1ccc(NC(=O)CN[C@@H](C)c2ccccc2)cc1S(=O)(=O)N(C)C. The van der Waals surface area contributed by atoms with Crippen molar-refractivity contribution in [2.24, 2.45) is 0 Å². The van der Waals surface area contributed by atoms with Gasteiger partial charge in [-0.25, -0.2) is 12.7 Å². The number of hydrogen-bond donors (Lipinski definition) is 2. The number of hydrogen-bond acceptors (Lipinski definition) is 5. The van der Waals surface area contributed by atoms with Crippen molar-refractivity contribution in [2.45, 2.75) is 17.9 Å². The van der Waals surface area contributed by atoms with E-state index in [1.54, 1.807) is 6.07 Å². The Labute approximate surface area is 160 Å². The second-order valence-corrected chi connectivity index (χ2v) is 8.33. The van der Waals surface area contributed by atoms with Gasteiger partial charge in [-0.3, -0.25) is 4.79 Å². The quantitative estimate of drug-likeness (QED) is 0.721. The molecule has 0 spiro atoms. The lowest BCUT2D eigenvalue weighted by Gasteiger charge is -2.17. The average Bonchev–Trinajstić information content (AvgIpc) is 2.66. The lowest BCUT2D eigenvalue weighted by atomic mass is 10.1. The summed E-state index contributed by atoms with van der Waals surface area (Å²) in [7, 11) is 0.580. The highest BCUT2D eigenvalue weighted by atomic mass is 32.2. The summed E-state index contributed by atoms with van der Waals surface area (Å²) < 4.78 is 31.1. The number of carbonyl (C=O) groups is 1. The first-order valence-corrected chi connectivity index (χ1v) is 9.88. The van der Waals surface area contributed by atoms with Crippen LogP contribution in [0, 0.1) is 0 Å². The third kappa shape index (κ3) is 5.29. The van der Waals surface area contributed by atoms with Crippen LogP contribution < -0.4 is 15.4 Å². The van der Waals surface area contributed by atoms with Crippen molar-refractivity contribution in [3.63, 3.8) is 0 Å². The second kappa shape index (κ2) is 8.98. The first-order valence-electron chi connectivity index (χ1n) is 8.44. The van der Waals surface area contributed by atoms with Crippen molar-refractivity contribution < 1.29 is 17.9 Å². The maximum absolute atomic E-state index is 12.4. The van der Waals surface area contributed by atoms with E-state index >= 15 is 0 Å². The van der Waals surface area contributed by atoms with E-state index in [1.165, 1.54) is 33.3 Å². The third-order valence-electron chi connectivity index (χ3n) is 4.07. The molecule has 0 aliphatic carbocycles. The van der Waals surface area contributed by atoms with Crippen molar-refractivity contribution in [1.29, 1.82) is 0 Å². The van der Waals surface area contributed by atoms with Gasteiger partial charge in [-0.15, -0.1) is 0 Å². The van der Waals surface area contributed by atoms with Crippen LogP contribution in [0.15, 0.2) is 53.4 Å². The first-order chi connectivity index (χ1) is 12.8. The summed E-state index contributed by atoms with van der Waals surface area (Å²) in [5.74, 6) is -0.0475. The molecule has 0 radical (unpaired) electrons. The molecule has 7 nitrogen and oxygen atoms in total. The minimum atomic E-state index is -3.70. The standard InChI is InChI=1S/C19H25N3O4S/c1-14(15-8-6-5-7-9-15)20-13-19(23)21-16-10-11-17(26-4)18(12-16)27(24,25)22(2)3/h5-12,14,20H,13H2,1-4H3,(H,21,23)/t14-/m0/s1. The van der Waals surface area contributed by atoms with E-state index in [0.29, 0.717) is 5.69 Å². The monoisotopic (exact) mass is 391 g/mol. The molecule has 0 unspecified atom stereocenters. The largest absolute Gasteiger partial charge is 0.495 e. The number of ether oxygens (including phenoxy) is 1. The number of carbonyl (C=O) groups excluding carboxylic acids is 1. The molecule has 1 atom stereocenters. The molecule has 0 bridgehead atoms. The van der Waals surface area contributed by atoms with Gasteiger partial charge in [0.15, 0.2) is 0 Å². The summed E-state index contributed by atoms with van der Waals surface area (Å²) in [6.07, 6.45) is 0. The second-order valence-electron chi connectivity index (χ2n) is 6.21. The molecule has 0 heterocycles. The number of anilines is 1. The van der Waals surface area contributed by atoms with E-state index in [2.05, 4.69) is 10.6 Å². The molecule has 2 rings (SSSR count). The lowest BCUT2D eigenvalue weighted by Crippen LogP contribution is -2.30. The molecule has 0 aliphatic heterocycles. The van der Waals surface area contributed by atoms with E-state index in [0.717, 1.165) is 9.87 Å². The summed E-state index contributed by atoms with van der Waals surface area (Å²) in [6, 6.07) is 14.3. The Morgan fingerprint density at radius 1 is 1.15 bits per heavy atom. The van der Waals surface area contributed by atoms with E-state index in [1.807, 2.05) is 37.3 Å². The Bertz CT molecular complexity index is 883. The van der Waals surface area contributed by atoms with Crippen LogP contribution in [0.5, 0.6) is 5.75 Å². The molecule has 1 amide bonds. The summed E-state index contributed by atoms with van der Waals surface area (Å²) in [4.78, 5) is 12.2. The predicted molar refractivity (Wildman–Crippen MR) is 105 cm³/mol. The Morgan fingerprint density at radius 3 is 2.41 bits per heavy atom. The lowest BCUT2D eigenvalue weighted by molar-refractivity contribution is -0.115. The number of nitrogens with zero attached hydrogens (tertiary/aromatic N) is 1. The van der Waals surface area contributed by atoms with Gasteiger partial charge in [-0.05, 0) is 30.7 Å². The van der Waals surface area contributed by atoms with Gasteiger partial charge in [0, 0.05) is 25.8 Å². The molecule has 2 N–H and O–H groups in total. The minimum Gasteiger partial charge on any atom is -0.495 e. The Balaban J connectivity index is 2.07. The van der Waals surface area contributed by atoms with Crippen molar-refractivity contribution in [3.8, 4) is 5.75 Å². The van der Waals surface area contributed by atoms with Gasteiger partial charge in [0.25, 0.3) is 0 Å². The van der Waals surface area contributed by atoms with Crippen LogP contribution in [-0.2, 0) is 14.8 Å². The van der Waals surface area contributed by atoms with Crippen LogP contribution in [0.1, 0.15) is 18.5 Å². The van der Waals surface area contributed by atoms with Crippen LogP contribution in [0.3, 0.4) is 0 Å².